The van der Waals surface area contributed by atoms with E-state index in [4.69, 9.17) is 0 Å². The predicted molar refractivity (Wildman–Crippen MR) is 65.7 cm³/mol. The van der Waals surface area contributed by atoms with E-state index in [1.807, 2.05) is 31.9 Å². The van der Waals surface area contributed by atoms with E-state index in [-0.39, 0.29) is 6.04 Å². The van der Waals surface area contributed by atoms with Gasteiger partial charge in [0.05, 0.1) is 5.69 Å². The van der Waals surface area contributed by atoms with Gasteiger partial charge in [0.1, 0.15) is 5.54 Å². The minimum absolute atomic E-state index is 0.0126. The van der Waals surface area contributed by atoms with Crippen molar-refractivity contribution in [2.45, 2.75) is 39.3 Å². The van der Waals surface area contributed by atoms with Gasteiger partial charge in [-0.2, -0.15) is 5.10 Å². The Morgan fingerprint density at radius 1 is 1.65 bits per heavy atom. The second-order valence-corrected chi connectivity index (χ2v) is 4.71. The number of hydrogen-bond donors (Lipinski definition) is 1. The molecule has 0 saturated carbocycles. The van der Waals surface area contributed by atoms with Gasteiger partial charge >= 0.3 is 5.97 Å². The molecule has 1 rings (SSSR count). The van der Waals surface area contributed by atoms with E-state index >= 15 is 0 Å². The van der Waals surface area contributed by atoms with Crippen LogP contribution in [0.15, 0.2) is 12.3 Å². The van der Waals surface area contributed by atoms with Crippen LogP contribution >= 0.6 is 0 Å². The van der Waals surface area contributed by atoms with Crippen LogP contribution in [-0.4, -0.2) is 37.8 Å². The van der Waals surface area contributed by atoms with Crippen LogP contribution in [-0.2, 0) is 11.8 Å². The van der Waals surface area contributed by atoms with Crippen molar-refractivity contribution in [3.05, 3.63) is 18.0 Å². The summed E-state index contributed by atoms with van der Waals surface area (Å²) in [6.07, 6.45) is 1.73. The topological polar surface area (TPSA) is 58.4 Å². The minimum atomic E-state index is -0.890. The highest BCUT2D eigenvalue weighted by molar-refractivity contribution is 5.77. The number of aryl methyl sites for hydroxylation is 1. The van der Waals surface area contributed by atoms with Crippen LogP contribution in [0.3, 0.4) is 0 Å². The van der Waals surface area contributed by atoms with Crippen LogP contribution in [0.5, 0.6) is 0 Å². The monoisotopic (exact) mass is 239 g/mol. The van der Waals surface area contributed by atoms with E-state index in [1.165, 1.54) is 0 Å². The Hall–Kier alpha value is -1.36. The summed E-state index contributed by atoms with van der Waals surface area (Å²) in [7, 11) is 1.87. The first-order chi connectivity index (χ1) is 7.82. The average molecular weight is 239 g/mol. The molecule has 0 fully saturated rings. The van der Waals surface area contributed by atoms with Crippen molar-refractivity contribution in [2.24, 2.45) is 7.05 Å². The number of rotatable bonds is 5. The number of likely N-dealkylation sites (N-methyl/N-ethyl adjacent to an activating group) is 1. The molecule has 0 bridgehead atoms. The Labute approximate surface area is 102 Å². The molecule has 0 amide bonds. The van der Waals surface area contributed by atoms with Crippen molar-refractivity contribution < 1.29 is 9.90 Å². The first kappa shape index (κ1) is 13.7. The summed E-state index contributed by atoms with van der Waals surface area (Å²) in [5.41, 5.74) is 0.125. The van der Waals surface area contributed by atoms with E-state index in [2.05, 4.69) is 5.10 Å². The van der Waals surface area contributed by atoms with Crippen LogP contribution in [0.25, 0.3) is 0 Å². The number of nitrogens with zero attached hydrogens (tertiary/aromatic N) is 3. The van der Waals surface area contributed by atoms with Crippen LogP contribution in [0.4, 0.5) is 0 Å². The Morgan fingerprint density at radius 2 is 2.24 bits per heavy atom. The molecule has 1 aromatic heterocycles. The number of carboxylic acid groups (broad SMARTS) is 1. The van der Waals surface area contributed by atoms with E-state index in [0.717, 1.165) is 5.69 Å². The van der Waals surface area contributed by atoms with Crippen molar-refractivity contribution in [3.8, 4) is 0 Å². The maximum atomic E-state index is 11.3. The molecule has 1 N–H and O–H groups in total. The molecule has 0 spiro atoms. The van der Waals surface area contributed by atoms with Crippen molar-refractivity contribution >= 4 is 5.97 Å². The first-order valence-electron chi connectivity index (χ1n) is 5.80. The van der Waals surface area contributed by atoms with Gasteiger partial charge in [-0.25, -0.2) is 0 Å². The maximum Gasteiger partial charge on any atom is 0.323 e. The molecular formula is C12H21N3O2. The lowest BCUT2D eigenvalue weighted by Crippen LogP contribution is -2.51. The summed E-state index contributed by atoms with van der Waals surface area (Å²) in [5.74, 6) is -0.812. The zero-order chi connectivity index (χ0) is 13.2. The van der Waals surface area contributed by atoms with Gasteiger partial charge in [-0.1, -0.05) is 6.92 Å². The summed E-state index contributed by atoms with van der Waals surface area (Å²) in [6.45, 7) is 8.10. The molecule has 1 heterocycles. The largest absolute Gasteiger partial charge is 0.480 e. The summed E-state index contributed by atoms with van der Waals surface area (Å²) >= 11 is 0. The SMILES string of the molecule is CCN(C(C)c1ccnn1C)C(C)(C)C(=O)O. The van der Waals surface area contributed by atoms with Crippen LogP contribution in [0.2, 0.25) is 0 Å². The van der Waals surface area contributed by atoms with Crippen molar-refractivity contribution in [1.29, 1.82) is 0 Å². The molecular weight excluding hydrogens is 218 g/mol. The summed E-state index contributed by atoms with van der Waals surface area (Å²) in [4.78, 5) is 13.3. The van der Waals surface area contributed by atoms with Crippen LogP contribution < -0.4 is 0 Å². The van der Waals surface area contributed by atoms with Gasteiger partial charge in [0, 0.05) is 19.3 Å². The van der Waals surface area contributed by atoms with Crippen molar-refractivity contribution in [1.82, 2.24) is 14.7 Å². The van der Waals surface area contributed by atoms with E-state index in [9.17, 15) is 9.90 Å². The van der Waals surface area contributed by atoms with Gasteiger partial charge in [0.25, 0.3) is 0 Å². The Balaban J connectivity index is 3.04. The fourth-order valence-corrected chi connectivity index (χ4v) is 2.23. The lowest BCUT2D eigenvalue weighted by molar-refractivity contribution is -0.150. The van der Waals surface area contributed by atoms with Gasteiger partial charge in [0.2, 0.25) is 0 Å². The molecule has 0 saturated heterocycles. The van der Waals surface area contributed by atoms with Gasteiger partial charge in [0.15, 0.2) is 0 Å². The van der Waals surface area contributed by atoms with Crippen LogP contribution in [0.1, 0.15) is 39.4 Å². The highest BCUT2D eigenvalue weighted by atomic mass is 16.4. The summed E-state index contributed by atoms with van der Waals surface area (Å²) in [6, 6.07) is 1.93. The van der Waals surface area contributed by atoms with E-state index in [0.29, 0.717) is 6.54 Å². The molecule has 0 aliphatic heterocycles. The fraction of sp³-hybridized carbons (Fsp3) is 0.667. The Morgan fingerprint density at radius 3 is 2.59 bits per heavy atom. The third kappa shape index (κ3) is 2.49. The zero-order valence-corrected chi connectivity index (χ0v) is 11.1. The number of carboxylic acids is 1. The number of aliphatic carboxylic acids is 1. The van der Waals surface area contributed by atoms with Gasteiger partial charge in [-0.15, -0.1) is 0 Å². The lowest BCUT2D eigenvalue weighted by Gasteiger charge is -2.38. The second kappa shape index (κ2) is 4.87. The van der Waals surface area contributed by atoms with Gasteiger partial charge in [-0.05, 0) is 33.4 Å². The molecule has 0 aliphatic rings. The Bertz CT molecular complexity index is 398. The maximum absolute atomic E-state index is 11.3. The molecule has 1 unspecified atom stereocenters. The van der Waals surface area contributed by atoms with Gasteiger partial charge < -0.3 is 5.11 Å². The highest BCUT2D eigenvalue weighted by Gasteiger charge is 2.37. The van der Waals surface area contributed by atoms with Gasteiger partial charge in [-0.3, -0.25) is 14.4 Å². The highest BCUT2D eigenvalue weighted by Crippen LogP contribution is 2.27. The Kier molecular flexibility index (Phi) is 3.93. The molecule has 1 aromatic rings. The average Bonchev–Trinajstić information content (AvgIpc) is 2.64. The summed E-state index contributed by atoms with van der Waals surface area (Å²) in [5, 5.41) is 13.4. The number of aromatic nitrogens is 2. The molecule has 0 radical (unpaired) electrons. The minimum Gasteiger partial charge on any atom is -0.480 e. The van der Waals surface area contributed by atoms with E-state index in [1.54, 1.807) is 24.7 Å². The third-order valence-corrected chi connectivity index (χ3v) is 3.34. The second-order valence-electron chi connectivity index (χ2n) is 4.71. The summed E-state index contributed by atoms with van der Waals surface area (Å²) < 4.78 is 1.78. The molecule has 0 aromatic carbocycles. The van der Waals surface area contributed by atoms with E-state index < -0.39 is 11.5 Å². The molecule has 5 heteroatoms. The molecule has 17 heavy (non-hydrogen) atoms. The zero-order valence-electron chi connectivity index (χ0n) is 11.1. The number of carbonyl (C=O) groups is 1. The number of hydrogen-bond acceptors (Lipinski definition) is 3. The van der Waals surface area contributed by atoms with Crippen molar-refractivity contribution in [2.75, 3.05) is 6.54 Å². The van der Waals surface area contributed by atoms with Crippen molar-refractivity contribution in [3.63, 3.8) is 0 Å². The third-order valence-electron chi connectivity index (χ3n) is 3.34. The standard InChI is InChI=1S/C12H21N3O2/c1-6-15(12(3,4)11(16)17)9(2)10-7-8-13-14(10)5/h7-9H,6H2,1-5H3,(H,16,17). The quantitative estimate of drug-likeness (QED) is 0.849. The molecule has 1 atom stereocenters. The fourth-order valence-electron chi connectivity index (χ4n) is 2.23. The van der Waals surface area contributed by atoms with Crippen LogP contribution in [0, 0.1) is 0 Å². The first-order valence-corrected chi connectivity index (χ1v) is 5.80. The predicted octanol–water partition coefficient (Wildman–Crippen LogP) is 1.67. The normalized spacial score (nSPS) is 14.0. The smallest absolute Gasteiger partial charge is 0.323 e. The molecule has 96 valence electrons. The molecule has 0 aliphatic carbocycles. The lowest BCUT2D eigenvalue weighted by atomic mass is 9.99. The molecule has 5 nitrogen and oxygen atoms in total.